The molecule has 2 atom stereocenters. The van der Waals surface area contributed by atoms with Gasteiger partial charge in [0.2, 0.25) is 5.91 Å². The van der Waals surface area contributed by atoms with Gasteiger partial charge in [-0.25, -0.2) is 0 Å². The van der Waals surface area contributed by atoms with Crippen LogP contribution in [0.15, 0.2) is 36.5 Å². The minimum Gasteiger partial charge on any atom is -0.466 e. The summed E-state index contributed by atoms with van der Waals surface area (Å²) in [5, 5.41) is 23.2. The molecule has 3 N–H and O–H groups in total. The minimum atomic E-state index is -0.841. The van der Waals surface area contributed by atoms with E-state index in [4.69, 9.17) is 4.74 Å². The molecule has 0 radical (unpaired) electrons. The van der Waals surface area contributed by atoms with Crippen molar-refractivity contribution in [1.29, 1.82) is 0 Å². The van der Waals surface area contributed by atoms with Crippen molar-refractivity contribution in [3.63, 3.8) is 0 Å². The van der Waals surface area contributed by atoms with E-state index in [9.17, 15) is 19.8 Å². The van der Waals surface area contributed by atoms with E-state index in [1.165, 1.54) is 321 Å². The number of hydrogen-bond donors (Lipinski definition) is 3. The highest BCUT2D eigenvalue weighted by molar-refractivity contribution is 5.76. The second kappa shape index (κ2) is 69.6. The summed E-state index contributed by atoms with van der Waals surface area (Å²) in [6.45, 7) is 4.89. The fourth-order valence-corrected chi connectivity index (χ4v) is 11.4. The summed E-state index contributed by atoms with van der Waals surface area (Å²) in [6.07, 6.45) is 89.6. The highest BCUT2D eigenvalue weighted by Crippen LogP contribution is 2.19. The van der Waals surface area contributed by atoms with E-state index in [-0.39, 0.29) is 18.5 Å². The van der Waals surface area contributed by atoms with Crippen LogP contribution in [0.3, 0.4) is 0 Å². The summed E-state index contributed by atoms with van der Waals surface area (Å²) in [4.78, 5) is 24.6. The molecule has 6 heteroatoms. The molecule has 2 unspecified atom stereocenters. The summed E-state index contributed by atoms with van der Waals surface area (Å²) in [5.41, 5.74) is 0. The highest BCUT2D eigenvalue weighted by Gasteiger charge is 2.18. The molecular formula is C74H141NO5. The molecular weight excluding hydrogens is 983 g/mol. The van der Waals surface area contributed by atoms with Gasteiger partial charge in [-0.1, -0.05) is 365 Å². The van der Waals surface area contributed by atoms with Crippen LogP contribution in [0.4, 0.5) is 0 Å². The molecule has 0 heterocycles. The van der Waals surface area contributed by atoms with Crippen LogP contribution in [0.1, 0.15) is 399 Å². The third kappa shape index (κ3) is 65.2. The van der Waals surface area contributed by atoms with Crippen molar-refractivity contribution in [2.24, 2.45) is 0 Å². The number of aliphatic hydroxyl groups excluding tert-OH is 2. The van der Waals surface area contributed by atoms with E-state index in [1.807, 2.05) is 6.08 Å². The third-order valence-electron chi connectivity index (χ3n) is 16.9. The predicted molar refractivity (Wildman–Crippen MR) is 352 cm³/mol. The minimum absolute atomic E-state index is 0.00707. The van der Waals surface area contributed by atoms with E-state index in [0.29, 0.717) is 19.4 Å². The smallest absolute Gasteiger partial charge is 0.305 e. The summed E-state index contributed by atoms with van der Waals surface area (Å²) in [7, 11) is 0. The molecule has 0 aromatic heterocycles. The zero-order chi connectivity index (χ0) is 57.8. The molecule has 0 aliphatic heterocycles. The lowest BCUT2D eigenvalue weighted by molar-refractivity contribution is -0.143. The number of allylic oxidation sites excluding steroid dienone is 5. The summed E-state index contributed by atoms with van der Waals surface area (Å²) >= 11 is 0. The number of unbranched alkanes of at least 4 members (excludes halogenated alkanes) is 53. The SMILES string of the molecule is CCCC/C=C\C/C=C\CCCCCCCC(=O)OCCCCCCCCCCCCCCCCCCCCCCCCCCCCCCCCCCCC(=O)NC(CO)C(O)/C=C/CCCCCCCCCCCCCCCC. The maximum Gasteiger partial charge on any atom is 0.305 e. The maximum atomic E-state index is 12.5. The molecule has 0 aromatic rings. The fraction of sp³-hybridized carbons (Fsp3) is 0.892. The van der Waals surface area contributed by atoms with Crippen LogP contribution in [0, 0.1) is 0 Å². The monoisotopic (exact) mass is 1120 g/mol. The summed E-state index contributed by atoms with van der Waals surface area (Å²) < 4.78 is 5.49. The Kier molecular flexibility index (Phi) is 67.9. The van der Waals surface area contributed by atoms with E-state index in [1.54, 1.807) is 6.08 Å². The molecule has 0 saturated carbocycles. The number of nitrogens with one attached hydrogen (secondary N) is 1. The maximum absolute atomic E-state index is 12.5. The van der Waals surface area contributed by atoms with Crippen LogP contribution in [0.25, 0.3) is 0 Å². The van der Waals surface area contributed by atoms with E-state index in [0.717, 1.165) is 51.4 Å². The average Bonchev–Trinajstić information content (AvgIpc) is 3.46. The van der Waals surface area contributed by atoms with Gasteiger partial charge in [0, 0.05) is 12.8 Å². The first-order valence-electron chi connectivity index (χ1n) is 36.3. The van der Waals surface area contributed by atoms with Crippen LogP contribution in [-0.2, 0) is 14.3 Å². The van der Waals surface area contributed by atoms with Crippen LogP contribution in [-0.4, -0.2) is 47.4 Å². The Bertz CT molecular complexity index is 1300. The average molecular weight is 1120 g/mol. The molecule has 0 aromatic carbocycles. The standard InChI is InChI=1S/C74H141NO5/c1-3-5-7-9-11-13-15-17-19-39-42-46-50-54-58-62-66-72(77)71(70-76)75-73(78)67-63-59-55-51-47-43-40-37-35-33-31-29-27-25-23-21-20-22-24-26-28-30-32-34-36-38-41-45-49-53-57-61-65-69-80-74(79)68-64-60-56-52-48-44-18-16-14-12-10-8-6-4-2/h10,12,16,18,62,66,71-72,76-77H,3-9,11,13-15,17,19-61,63-65,67-70H2,1-2H3,(H,75,78)/b12-10-,18-16-,66-62+. The molecule has 0 aliphatic carbocycles. The van der Waals surface area contributed by atoms with Crippen molar-refractivity contribution in [2.75, 3.05) is 13.2 Å². The molecule has 0 fully saturated rings. The van der Waals surface area contributed by atoms with Crippen molar-refractivity contribution < 1.29 is 24.5 Å². The van der Waals surface area contributed by atoms with Crippen LogP contribution >= 0.6 is 0 Å². The van der Waals surface area contributed by atoms with Gasteiger partial charge in [0.1, 0.15) is 0 Å². The van der Waals surface area contributed by atoms with Crippen molar-refractivity contribution in [3.05, 3.63) is 36.5 Å². The molecule has 0 saturated heterocycles. The number of aliphatic hydroxyl groups is 2. The zero-order valence-corrected chi connectivity index (χ0v) is 54.1. The lowest BCUT2D eigenvalue weighted by Crippen LogP contribution is -2.45. The Hall–Kier alpha value is -1.92. The van der Waals surface area contributed by atoms with E-state index < -0.39 is 12.1 Å². The van der Waals surface area contributed by atoms with Crippen LogP contribution < -0.4 is 5.32 Å². The molecule has 472 valence electrons. The lowest BCUT2D eigenvalue weighted by atomic mass is 10.0. The fourth-order valence-electron chi connectivity index (χ4n) is 11.4. The first kappa shape index (κ1) is 78.1. The Morgan fingerprint density at radius 2 is 0.637 bits per heavy atom. The Labute approximate surface area is 500 Å². The van der Waals surface area contributed by atoms with Gasteiger partial charge in [-0.3, -0.25) is 9.59 Å². The first-order chi connectivity index (χ1) is 39.5. The summed E-state index contributed by atoms with van der Waals surface area (Å²) in [5.74, 6) is -0.0534. The van der Waals surface area contributed by atoms with Crippen LogP contribution in [0.2, 0.25) is 0 Å². The van der Waals surface area contributed by atoms with E-state index in [2.05, 4.69) is 43.5 Å². The Morgan fingerprint density at radius 1 is 0.350 bits per heavy atom. The number of rotatable bonds is 68. The second-order valence-corrected chi connectivity index (χ2v) is 24.9. The van der Waals surface area contributed by atoms with Gasteiger partial charge in [0.15, 0.2) is 0 Å². The van der Waals surface area contributed by atoms with Gasteiger partial charge < -0.3 is 20.3 Å². The Morgan fingerprint density at radius 3 is 0.988 bits per heavy atom. The van der Waals surface area contributed by atoms with Gasteiger partial charge >= 0.3 is 5.97 Å². The number of amides is 1. The van der Waals surface area contributed by atoms with Gasteiger partial charge in [0.25, 0.3) is 0 Å². The van der Waals surface area contributed by atoms with Gasteiger partial charge in [-0.15, -0.1) is 0 Å². The van der Waals surface area contributed by atoms with Crippen LogP contribution in [0.5, 0.6) is 0 Å². The topological polar surface area (TPSA) is 95.9 Å². The first-order valence-corrected chi connectivity index (χ1v) is 36.3. The molecule has 80 heavy (non-hydrogen) atoms. The van der Waals surface area contributed by atoms with E-state index >= 15 is 0 Å². The predicted octanol–water partition coefficient (Wildman–Crippen LogP) is 23.5. The number of esters is 1. The van der Waals surface area contributed by atoms with Crippen molar-refractivity contribution >= 4 is 11.9 Å². The zero-order valence-electron chi connectivity index (χ0n) is 54.1. The number of hydrogen-bond acceptors (Lipinski definition) is 5. The third-order valence-corrected chi connectivity index (χ3v) is 16.9. The van der Waals surface area contributed by atoms with Gasteiger partial charge in [0.05, 0.1) is 25.4 Å². The quantitative estimate of drug-likeness (QED) is 0.0320. The molecule has 0 bridgehead atoms. The normalized spacial score (nSPS) is 12.7. The second-order valence-electron chi connectivity index (χ2n) is 24.9. The largest absolute Gasteiger partial charge is 0.466 e. The number of carbonyl (C=O) groups is 2. The van der Waals surface area contributed by atoms with Crippen molar-refractivity contribution in [1.82, 2.24) is 5.32 Å². The lowest BCUT2D eigenvalue weighted by Gasteiger charge is -2.20. The molecule has 0 rings (SSSR count). The van der Waals surface area contributed by atoms with Crippen molar-refractivity contribution in [2.45, 2.75) is 411 Å². The molecule has 0 spiro atoms. The number of carbonyl (C=O) groups excluding carboxylic acids is 2. The van der Waals surface area contributed by atoms with Gasteiger partial charge in [-0.05, 0) is 57.8 Å². The van der Waals surface area contributed by atoms with Crippen molar-refractivity contribution in [3.8, 4) is 0 Å². The molecule has 0 aliphatic rings. The molecule has 6 nitrogen and oxygen atoms in total. The Balaban J connectivity index is 3.33. The molecule has 1 amide bonds. The summed E-state index contributed by atoms with van der Waals surface area (Å²) in [6, 6.07) is -0.624. The number of ether oxygens (including phenoxy) is 1. The highest BCUT2D eigenvalue weighted by atomic mass is 16.5. The van der Waals surface area contributed by atoms with Gasteiger partial charge in [-0.2, -0.15) is 0 Å².